The number of nitrogens with zero attached hydrogens (tertiary/aromatic N) is 1. The van der Waals surface area contributed by atoms with Crippen molar-refractivity contribution in [2.45, 2.75) is 19.9 Å². The third-order valence-electron chi connectivity index (χ3n) is 3.14. The molecule has 0 spiro atoms. The fraction of sp³-hybridized carbons (Fsp3) is 0.250. The third kappa shape index (κ3) is 4.39. The molecule has 0 aliphatic heterocycles. The van der Waals surface area contributed by atoms with Gasteiger partial charge in [0.2, 0.25) is 0 Å². The zero-order valence-corrected chi connectivity index (χ0v) is 11.6. The van der Waals surface area contributed by atoms with Crippen LogP contribution in [-0.2, 0) is 13.0 Å². The quantitative estimate of drug-likeness (QED) is 0.876. The highest BCUT2D eigenvalue weighted by molar-refractivity contribution is 5.73. The highest BCUT2D eigenvalue weighted by atomic mass is 16.2. The summed E-state index contributed by atoms with van der Waals surface area (Å²) in [6.07, 6.45) is 4.27. The molecule has 2 N–H and O–H groups in total. The molecule has 2 aromatic rings. The highest BCUT2D eigenvalue weighted by Crippen LogP contribution is 2.06. The number of amides is 2. The first-order valence-corrected chi connectivity index (χ1v) is 6.71. The number of carbonyl (C=O) groups excluding carboxylic acids is 1. The summed E-state index contributed by atoms with van der Waals surface area (Å²) < 4.78 is 0. The van der Waals surface area contributed by atoms with Gasteiger partial charge in [0.25, 0.3) is 0 Å². The van der Waals surface area contributed by atoms with Crippen molar-refractivity contribution in [3.8, 4) is 0 Å². The molecule has 0 unspecified atom stereocenters. The summed E-state index contributed by atoms with van der Waals surface area (Å²) in [6.45, 7) is 3.23. The number of aromatic nitrogens is 1. The van der Waals surface area contributed by atoms with E-state index in [0.717, 1.165) is 12.0 Å². The van der Waals surface area contributed by atoms with Crippen molar-refractivity contribution >= 4 is 6.03 Å². The maximum Gasteiger partial charge on any atom is 0.315 e. The van der Waals surface area contributed by atoms with Crippen LogP contribution in [-0.4, -0.2) is 17.6 Å². The molecule has 1 aromatic heterocycles. The van der Waals surface area contributed by atoms with Gasteiger partial charge in [-0.05, 0) is 42.2 Å². The number of carbonyl (C=O) groups is 1. The van der Waals surface area contributed by atoms with Gasteiger partial charge in [-0.2, -0.15) is 0 Å². The molecule has 0 saturated carbocycles. The van der Waals surface area contributed by atoms with Crippen LogP contribution in [0.3, 0.4) is 0 Å². The molecule has 2 amide bonds. The van der Waals surface area contributed by atoms with Gasteiger partial charge in [-0.1, -0.05) is 24.3 Å². The maximum absolute atomic E-state index is 11.7. The van der Waals surface area contributed by atoms with Crippen LogP contribution in [0, 0.1) is 6.92 Å². The van der Waals surface area contributed by atoms with Gasteiger partial charge in [-0.15, -0.1) is 0 Å². The fourth-order valence-corrected chi connectivity index (χ4v) is 1.95. The van der Waals surface area contributed by atoms with E-state index in [1.807, 2.05) is 24.3 Å². The lowest BCUT2D eigenvalue weighted by Crippen LogP contribution is -2.36. The summed E-state index contributed by atoms with van der Waals surface area (Å²) in [4.78, 5) is 15.6. The summed E-state index contributed by atoms with van der Waals surface area (Å²) in [6, 6.07) is 11.8. The molecular weight excluding hydrogens is 250 g/mol. The Kier molecular flexibility index (Phi) is 5.12. The minimum Gasteiger partial charge on any atom is -0.338 e. The second-order valence-electron chi connectivity index (χ2n) is 4.64. The normalized spacial score (nSPS) is 10.1. The molecule has 20 heavy (non-hydrogen) atoms. The van der Waals surface area contributed by atoms with Gasteiger partial charge >= 0.3 is 6.03 Å². The van der Waals surface area contributed by atoms with E-state index in [9.17, 15) is 4.79 Å². The third-order valence-corrected chi connectivity index (χ3v) is 3.14. The molecule has 0 saturated heterocycles. The lowest BCUT2D eigenvalue weighted by Gasteiger charge is -2.09. The van der Waals surface area contributed by atoms with Crippen LogP contribution in [0.1, 0.15) is 16.7 Å². The first kappa shape index (κ1) is 14.1. The van der Waals surface area contributed by atoms with Crippen LogP contribution in [0.5, 0.6) is 0 Å². The van der Waals surface area contributed by atoms with Crippen molar-refractivity contribution in [3.63, 3.8) is 0 Å². The Bertz CT molecular complexity index is 555. The molecule has 1 heterocycles. The highest BCUT2D eigenvalue weighted by Gasteiger charge is 2.01. The predicted octanol–water partition coefficient (Wildman–Crippen LogP) is 2.43. The fourth-order valence-electron chi connectivity index (χ4n) is 1.95. The van der Waals surface area contributed by atoms with E-state index < -0.39 is 0 Å². The van der Waals surface area contributed by atoms with Crippen molar-refractivity contribution in [2.24, 2.45) is 0 Å². The van der Waals surface area contributed by atoms with Crippen LogP contribution in [0.25, 0.3) is 0 Å². The number of pyridine rings is 1. The first-order chi connectivity index (χ1) is 9.75. The van der Waals surface area contributed by atoms with E-state index in [1.165, 1.54) is 11.1 Å². The van der Waals surface area contributed by atoms with Crippen molar-refractivity contribution < 1.29 is 4.79 Å². The molecule has 0 radical (unpaired) electrons. The first-order valence-electron chi connectivity index (χ1n) is 6.71. The number of urea groups is 1. The van der Waals surface area contributed by atoms with Gasteiger partial charge in [0.15, 0.2) is 0 Å². The van der Waals surface area contributed by atoms with Crippen LogP contribution >= 0.6 is 0 Å². The summed E-state index contributed by atoms with van der Waals surface area (Å²) in [7, 11) is 0. The Hall–Kier alpha value is -2.36. The summed E-state index contributed by atoms with van der Waals surface area (Å²) in [5.74, 6) is 0. The molecule has 0 fully saturated rings. The number of benzene rings is 1. The standard InChI is InChI=1S/C16H19N3O/c1-13-4-2-3-5-15(13)8-11-18-16(20)19-12-14-6-9-17-10-7-14/h2-7,9-10H,8,11-12H2,1H3,(H2,18,19,20). The maximum atomic E-state index is 11.7. The molecule has 4 heteroatoms. The van der Waals surface area contributed by atoms with Crippen molar-refractivity contribution in [3.05, 3.63) is 65.5 Å². The SMILES string of the molecule is Cc1ccccc1CCNC(=O)NCc1ccncc1. The number of hydrogen-bond donors (Lipinski definition) is 2. The van der Waals surface area contributed by atoms with Crippen LogP contribution < -0.4 is 10.6 Å². The number of nitrogens with one attached hydrogen (secondary N) is 2. The zero-order chi connectivity index (χ0) is 14.2. The molecule has 104 valence electrons. The number of rotatable bonds is 5. The van der Waals surface area contributed by atoms with Gasteiger partial charge in [-0.25, -0.2) is 4.79 Å². The molecular formula is C16H19N3O. The molecule has 0 atom stereocenters. The van der Waals surface area contributed by atoms with Gasteiger partial charge < -0.3 is 10.6 Å². The Labute approximate surface area is 119 Å². The van der Waals surface area contributed by atoms with E-state index in [1.54, 1.807) is 12.4 Å². The molecule has 1 aromatic carbocycles. The summed E-state index contributed by atoms with van der Waals surface area (Å²) in [5, 5.41) is 5.68. The van der Waals surface area contributed by atoms with Crippen molar-refractivity contribution in [2.75, 3.05) is 6.54 Å². The zero-order valence-electron chi connectivity index (χ0n) is 11.6. The molecule has 4 nitrogen and oxygen atoms in total. The van der Waals surface area contributed by atoms with Crippen molar-refractivity contribution in [1.29, 1.82) is 0 Å². The molecule has 2 rings (SSSR count). The smallest absolute Gasteiger partial charge is 0.315 e. The van der Waals surface area contributed by atoms with E-state index in [4.69, 9.17) is 0 Å². The topological polar surface area (TPSA) is 54.0 Å². The van der Waals surface area contributed by atoms with Gasteiger partial charge in [0.05, 0.1) is 0 Å². The predicted molar refractivity (Wildman–Crippen MR) is 79.4 cm³/mol. The Balaban J connectivity index is 1.69. The average Bonchev–Trinajstić information content (AvgIpc) is 2.48. The van der Waals surface area contributed by atoms with Gasteiger partial charge in [-0.3, -0.25) is 4.98 Å². The molecule has 0 aliphatic rings. The lowest BCUT2D eigenvalue weighted by molar-refractivity contribution is 0.240. The van der Waals surface area contributed by atoms with E-state index in [2.05, 4.69) is 34.7 Å². The largest absolute Gasteiger partial charge is 0.338 e. The summed E-state index contributed by atoms with van der Waals surface area (Å²) >= 11 is 0. The minimum atomic E-state index is -0.143. The Morgan fingerprint density at radius 3 is 2.60 bits per heavy atom. The monoisotopic (exact) mass is 269 g/mol. The van der Waals surface area contributed by atoms with Crippen LogP contribution in [0.2, 0.25) is 0 Å². The second-order valence-corrected chi connectivity index (χ2v) is 4.64. The van der Waals surface area contributed by atoms with Gasteiger partial charge in [0.1, 0.15) is 0 Å². The Morgan fingerprint density at radius 1 is 1.10 bits per heavy atom. The van der Waals surface area contributed by atoms with E-state index in [0.29, 0.717) is 13.1 Å². The van der Waals surface area contributed by atoms with Crippen LogP contribution in [0.4, 0.5) is 4.79 Å². The van der Waals surface area contributed by atoms with E-state index >= 15 is 0 Å². The van der Waals surface area contributed by atoms with Gasteiger partial charge in [0, 0.05) is 25.5 Å². The minimum absolute atomic E-state index is 0.143. The van der Waals surface area contributed by atoms with E-state index in [-0.39, 0.29) is 6.03 Å². The summed E-state index contributed by atoms with van der Waals surface area (Å²) in [5.41, 5.74) is 3.56. The number of hydrogen-bond acceptors (Lipinski definition) is 2. The van der Waals surface area contributed by atoms with Crippen molar-refractivity contribution in [1.82, 2.24) is 15.6 Å². The number of aryl methyl sites for hydroxylation is 1. The Morgan fingerprint density at radius 2 is 1.85 bits per heavy atom. The molecule has 0 bridgehead atoms. The lowest BCUT2D eigenvalue weighted by atomic mass is 10.1. The molecule has 0 aliphatic carbocycles. The second kappa shape index (κ2) is 7.28. The average molecular weight is 269 g/mol. The van der Waals surface area contributed by atoms with Crippen LogP contribution in [0.15, 0.2) is 48.8 Å².